The number of nitrogens with zero attached hydrogens (tertiary/aromatic N) is 1. The predicted octanol–water partition coefficient (Wildman–Crippen LogP) is 0.398. The summed E-state index contributed by atoms with van der Waals surface area (Å²) in [5.41, 5.74) is 7.30. The van der Waals surface area contributed by atoms with E-state index < -0.39 is 0 Å². The Balaban J connectivity index is 2.39. The molecule has 1 aromatic carbocycles. The van der Waals surface area contributed by atoms with E-state index in [0.717, 1.165) is 11.3 Å². The van der Waals surface area contributed by atoms with E-state index in [1.807, 2.05) is 36.2 Å². The molecule has 4 N–H and O–H groups in total. The van der Waals surface area contributed by atoms with Crippen LogP contribution < -0.4 is 11.1 Å². The van der Waals surface area contributed by atoms with Crippen LogP contribution in [0.3, 0.4) is 0 Å². The molecule has 0 aliphatic rings. The smallest absolute Gasteiger partial charge is 0.225 e. The standard InChI is InChI=1S/C13H21N3O2/c1-16(7-8-17)6-5-13(18)15-12-4-2-3-11(9-12)10-14/h2-4,9,17H,5-8,10,14H2,1H3,(H,15,18). The number of rotatable bonds is 7. The number of amides is 1. The van der Waals surface area contributed by atoms with Gasteiger partial charge in [-0.25, -0.2) is 0 Å². The van der Waals surface area contributed by atoms with Crippen molar-refractivity contribution in [3.05, 3.63) is 29.8 Å². The van der Waals surface area contributed by atoms with Crippen LogP contribution in [-0.2, 0) is 11.3 Å². The molecular weight excluding hydrogens is 230 g/mol. The van der Waals surface area contributed by atoms with E-state index in [0.29, 0.717) is 26.1 Å². The number of hydrogen-bond donors (Lipinski definition) is 3. The summed E-state index contributed by atoms with van der Waals surface area (Å²) in [7, 11) is 1.87. The van der Waals surface area contributed by atoms with Crippen molar-refractivity contribution in [3.63, 3.8) is 0 Å². The van der Waals surface area contributed by atoms with Gasteiger partial charge in [0.1, 0.15) is 0 Å². The van der Waals surface area contributed by atoms with E-state index >= 15 is 0 Å². The van der Waals surface area contributed by atoms with E-state index in [1.54, 1.807) is 0 Å². The van der Waals surface area contributed by atoms with Gasteiger partial charge in [0.2, 0.25) is 5.91 Å². The molecule has 0 heterocycles. The lowest BCUT2D eigenvalue weighted by molar-refractivity contribution is -0.116. The minimum atomic E-state index is -0.0334. The van der Waals surface area contributed by atoms with Crippen molar-refractivity contribution in [2.45, 2.75) is 13.0 Å². The molecular formula is C13H21N3O2. The first-order valence-electron chi connectivity index (χ1n) is 6.04. The Morgan fingerprint density at radius 3 is 2.89 bits per heavy atom. The highest BCUT2D eigenvalue weighted by molar-refractivity contribution is 5.90. The Hall–Kier alpha value is -1.43. The van der Waals surface area contributed by atoms with Crippen molar-refractivity contribution in [3.8, 4) is 0 Å². The van der Waals surface area contributed by atoms with Gasteiger partial charge in [-0.3, -0.25) is 4.79 Å². The zero-order valence-electron chi connectivity index (χ0n) is 10.7. The molecule has 1 rings (SSSR count). The summed E-state index contributed by atoms with van der Waals surface area (Å²) < 4.78 is 0. The van der Waals surface area contributed by atoms with Crippen molar-refractivity contribution in [2.75, 3.05) is 32.1 Å². The van der Waals surface area contributed by atoms with Crippen LogP contribution in [0.15, 0.2) is 24.3 Å². The summed E-state index contributed by atoms with van der Waals surface area (Å²) >= 11 is 0. The van der Waals surface area contributed by atoms with Crippen LogP contribution in [0, 0.1) is 0 Å². The quantitative estimate of drug-likeness (QED) is 0.655. The first kappa shape index (κ1) is 14.6. The highest BCUT2D eigenvalue weighted by Crippen LogP contribution is 2.10. The topological polar surface area (TPSA) is 78.6 Å². The first-order chi connectivity index (χ1) is 8.65. The average Bonchev–Trinajstić information content (AvgIpc) is 2.37. The molecule has 0 radical (unpaired) electrons. The molecule has 0 unspecified atom stereocenters. The lowest BCUT2D eigenvalue weighted by atomic mass is 10.2. The summed E-state index contributed by atoms with van der Waals surface area (Å²) in [5, 5.41) is 11.6. The highest BCUT2D eigenvalue weighted by Gasteiger charge is 2.05. The molecule has 0 fully saturated rings. The summed E-state index contributed by atoms with van der Waals surface area (Å²) in [4.78, 5) is 13.6. The van der Waals surface area contributed by atoms with Gasteiger partial charge in [0, 0.05) is 31.7 Å². The normalized spacial score (nSPS) is 10.7. The molecule has 0 aliphatic carbocycles. The predicted molar refractivity (Wildman–Crippen MR) is 72.2 cm³/mol. The number of hydrogen-bond acceptors (Lipinski definition) is 4. The van der Waals surface area contributed by atoms with Gasteiger partial charge in [-0.05, 0) is 24.7 Å². The lowest BCUT2D eigenvalue weighted by Gasteiger charge is -2.14. The molecule has 1 aromatic rings. The van der Waals surface area contributed by atoms with Crippen molar-refractivity contribution in [2.24, 2.45) is 5.73 Å². The third-order valence-electron chi connectivity index (χ3n) is 2.65. The van der Waals surface area contributed by atoms with Gasteiger partial charge in [-0.15, -0.1) is 0 Å². The number of aliphatic hydroxyl groups is 1. The van der Waals surface area contributed by atoms with Gasteiger partial charge >= 0.3 is 0 Å². The minimum Gasteiger partial charge on any atom is -0.395 e. The molecule has 5 heteroatoms. The molecule has 100 valence electrons. The number of benzene rings is 1. The van der Waals surface area contributed by atoms with Crippen LogP contribution in [-0.4, -0.2) is 42.7 Å². The van der Waals surface area contributed by atoms with Crippen LogP contribution in [0.2, 0.25) is 0 Å². The monoisotopic (exact) mass is 251 g/mol. The number of likely N-dealkylation sites (N-methyl/N-ethyl adjacent to an activating group) is 1. The van der Waals surface area contributed by atoms with Gasteiger partial charge in [0.15, 0.2) is 0 Å². The van der Waals surface area contributed by atoms with Crippen molar-refractivity contribution in [1.29, 1.82) is 0 Å². The van der Waals surface area contributed by atoms with Crippen molar-refractivity contribution >= 4 is 11.6 Å². The Morgan fingerprint density at radius 2 is 2.22 bits per heavy atom. The SMILES string of the molecule is CN(CCO)CCC(=O)Nc1cccc(CN)c1. The third-order valence-corrected chi connectivity index (χ3v) is 2.65. The first-order valence-corrected chi connectivity index (χ1v) is 6.04. The van der Waals surface area contributed by atoms with Crippen LogP contribution in [0.1, 0.15) is 12.0 Å². The average molecular weight is 251 g/mol. The van der Waals surface area contributed by atoms with Crippen LogP contribution in [0.4, 0.5) is 5.69 Å². The molecule has 18 heavy (non-hydrogen) atoms. The van der Waals surface area contributed by atoms with Crippen molar-refractivity contribution in [1.82, 2.24) is 4.90 Å². The molecule has 0 bridgehead atoms. The third kappa shape index (κ3) is 5.27. The van der Waals surface area contributed by atoms with Crippen LogP contribution >= 0.6 is 0 Å². The molecule has 0 spiro atoms. The Labute approximate surface area is 108 Å². The molecule has 0 aromatic heterocycles. The van der Waals surface area contributed by atoms with Gasteiger partial charge in [-0.1, -0.05) is 12.1 Å². The van der Waals surface area contributed by atoms with E-state index in [2.05, 4.69) is 5.32 Å². The molecule has 0 saturated carbocycles. The molecule has 5 nitrogen and oxygen atoms in total. The van der Waals surface area contributed by atoms with Gasteiger partial charge in [-0.2, -0.15) is 0 Å². The summed E-state index contributed by atoms with van der Waals surface area (Å²) in [6.45, 7) is 1.78. The van der Waals surface area contributed by atoms with Crippen LogP contribution in [0.5, 0.6) is 0 Å². The van der Waals surface area contributed by atoms with Crippen molar-refractivity contribution < 1.29 is 9.90 Å². The summed E-state index contributed by atoms with van der Waals surface area (Å²) in [5.74, 6) is -0.0334. The summed E-state index contributed by atoms with van der Waals surface area (Å²) in [6.07, 6.45) is 0.406. The maximum atomic E-state index is 11.7. The Kier molecular flexibility index (Phi) is 6.35. The number of nitrogens with one attached hydrogen (secondary N) is 1. The van der Waals surface area contributed by atoms with E-state index in [-0.39, 0.29) is 12.5 Å². The highest BCUT2D eigenvalue weighted by atomic mass is 16.3. The van der Waals surface area contributed by atoms with Crippen LogP contribution in [0.25, 0.3) is 0 Å². The fourth-order valence-electron chi connectivity index (χ4n) is 1.57. The second-order valence-corrected chi connectivity index (χ2v) is 4.23. The zero-order valence-corrected chi connectivity index (χ0v) is 10.7. The van der Waals surface area contributed by atoms with Gasteiger partial charge < -0.3 is 21.1 Å². The Morgan fingerprint density at radius 1 is 1.44 bits per heavy atom. The zero-order chi connectivity index (χ0) is 13.4. The van der Waals surface area contributed by atoms with E-state index in [4.69, 9.17) is 10.8 Å². The fourth-order valence-corrected chi connectivity index (χ4v) is 1.57. The maximum Gasteiger partial charge on any atom is 0.225 e. The fraction of sp³-hybridized carbons (Fsp3) is 0.462. The maximum absolute atomic E-state index is 11.7. The molecule has 0 aliphatic heterocycles. The van der Waals surface area contributed by atoms with Gasteiger partial charge in [0.05, 0.1) is 6.61 Å². The second-order valence-electron chi connectivity index (χ2n) is 4.23. The molecule has 0 saturated heterocycles. The Bertz CT molecular complexity index is 382. The second kappa shape index (κ2) is 7.81. The van der Waals surface area contributed by atoms with E-state index in [9.17, 15) is 4.79 Å². The number of carbonyl (C=O) groups excluding carboxylic acids is 1. The number of aliphatic hydroxyl groups excluding tert-OH is 1. The number of nitrogens with two attached hydrogens (primary N) is 1. The number of anilines is 1. The largest absolute Gasteiger partial charge is 0.395 e. The lowest BCUT2D eigenvalue weighted by Crippen LogP contribution is -2.26. The van der Waals surface area contributed by atoms with E-state index in [1.165, 1.54) is 0 Å². The molecule has 1 amide bonds. The summed E-state index contributed by atoms with van der Waals surface area (Å²) in [6, 6.07) is 7.50. The van der Waals surface area contributed by atoms with Gasteiger partial charge in [0.25, 0.3) is 0 Å². The minimum absolute atomic E-state index is 0.0334. The molecule has 0 atom stereocenters. The number of carbonyl (C=O) groups is 1.